The average Bonchev–Trinajstić information content (AvgIpc) is 2.61. The maximum atomic E-state index is 12.1. The maximum Gasteiger partial charge on any atom is 0.325 e. The fourth-order valence-electron chi connectivity index (χ4n) is 3.45. The molecule has 0 spiro atoms. The Kier molecular flexibility index (Phi) is 6.87. The Bertz CT molecular complexity index is 853. The number of carboxylic acids is 1. The van der Waals surface area contributed by atoms with Crippen molar-refractivity contribution in [3.63, 3.8) is 0 Å². The van der Waals surface area contributed by atoms with Gasteiger partial charge in [-0.2, -0.15) is 0 Å². The summed E-state index contributed by atoms with van der Waals surface area (Å²) in [6.45, 7) is 12.6. The molecule has 30 heavy (non-hydrogen) atoms. The summed E-state index contributed by atoms with van der Waals surface area (Å²) in [5.74, 6) is -0.688. The fourth-order valence-corrected chi connectivity index (χ4v) is 3.45. The van der Waals surface area contributed by atoms with Gasteiger partial charge >= 0.3 is 5.97 Å². The lowest BCUT2D eigenvalue weighted by molar-refractivity contribution is -0.139. The third-order valence-electron chi connectivity index (χ3n) is 5.29. The molecule has 164 valence electrons. The van der Waals surface area contributed by atoms with Gasteiger partial charge in [-0.05, 0) is 57.3 Å². The maximum absolute atomic E-state index is 12.1. The SMILES string of the molecule is CN(C)c1ccc(CNC(C(=O)O)c2cc(C(C)(C)C)c(O)c(C(C)(C)C)c2)cc1. The fraction of sp³-hybridized carbons (Fsp3) is 0.480. The van der Waals surface area contributed by atoms with Crippen molar-refractivity contribution in [1.82, 2.24) is 5.32 Å². The van der Waals surface area contributed by atoms with Crippen LogP contribution in [0.5, 0.6) is 5.75 Å². The molecule has 0 aromatic heterocycles. The molecule has 0 aliphatic heterocycles. The number of anilines is 1. The molecule has 0 saturated carbocycles. The van der Waals surface area contributed by atoms with Crippen molar-refractivity contribution < 1.29 is 15.0 Å². The standard InChI is InChI=1S/C25H36N2O3/c1-24(2,3)19-13-17(14-20(22(19)28)25(4,5)6)21(23(29)30)26-15-16-9-11-18(12-10-16)27(7)8/h9-14,21,26,28H,15H2,1-8H3,(H,29,30). The topological polar surface area (TPSA) is 72.8 Å². The number of phenols is 1. The van der Waals surface area contributed by atoms with Crippen molar-refractivity contribution in [2.45, 2.75) is 65.0 Å². The highest BCUT2D eigenvalue weighted by molar-refractivity contribution is 5.76. The molecule has 0 aliphatic rings. The van der Waals surface area contributed by atoms with Gasteiger partial charge in [0.15, 0.2) is 0 Å². The van der Waals surface area contributed by atoms with E-state index in [1.54, 1.807) is 0 Å². The van der Waals surface area contributed by atoms with E-state index in [9.17, 15) is 15.0 Å². The van der Waals surface area contributed by atoms with Crippen LogP contribution in [0.1, 0.15) is 69.8 Å². The van der Waals surface area contributed by atoms with E-state index in [1.807, 2.05) is 96.9 Å². The second-order valence-corrected chi connectivity index (χ2v) is 10.2. The zero-order chi connectivity index (χ0) is 22.9. The Morgan fingerprint density at radius 3 is 1.80 bits per heavy atom. The molecule has 5 nitrogen and oxygen atoms in total. The number of phenolic OH excluding ortho intramolecular Hbond substituents is 1. The molecule has 0 fully saturated rings. The molecule has 0 amide bonds. The first-order valence-corrected chi connectivity index (χ1v) is 10.3. The van der Waals surface area contributed by atoms with Crippen molar-refractivity contribution in [3.05, 3.63) is 58.7 Å². The summed E-state index contributed by atoms with van der Waals surface area (Å²) in [7, 11) is 3.97. The van der Waals surface area contributed by atoms with Crippen molar-refractivity contribution in [3.8, 4) is 5.75 Å². The zero-order valence-electron chi connectivity index (χ0n) is 19.5. The third-order valence-corrected chi connectivity index (χ3v) is 5.29. The summed E-state index contributed by atoms with van der Waals surface area (Å²) >= 11 is 0. The first-order valence-electron chi connectivity index (χ1n) is 10.3. The Labute approximate surface area is 180 Å². The minimum absolute atomic E-state index is 0.252. The molecule has 2 aromatic rings. The van der Waals surface area contributed by atoms with Crippen LogP contribution in [-0.2, 0) is 22.2 Å². The molecule has 3 N–H and O–H groups in total. The van der Waals surface area contributed by atoms with Crippen molar-refractivity contribution in [2.24, 2.45) is 0 Å². The van der Waals surface area contributed by atoms with Crippen LogP contribution in [0.2, 0.25) is 0 Å². The minimum atomic E-state index is -0.940. The highest BCUT2D eigenvalue weighted by atomic mass is 16.4. The minimum Gasteiger partial charge on any atom is -0.507 e. The average molecular weight is 413 g/mol. The number of hydrogen-bond acceptors (Lipinski definition) is 4. The quantitative estimate of drug-likeness (QED) is 0.625. The van der Waals surface area contributed by atoms with Gasteiger partial charge in [0.05, 0.1) is 0 Å². The van der Waals surface area contributed by atoms with Gasteiger partial charge in [-0.3, -0.25) is 10.1 Å². The van der Waals surface area contributed by atoms with E-state index in [4.69, 9.17) is 0 Å². The number of hydrogen-bond donors (Lipinski definition) is 3. The van der Waals surface area contributed by atoms with Crippen LogP contribution in [0.4, 0.5) is 5.69 Å². The van der Waals surface area contributed by atoms with Gasteiger partial charge < -0.3 is 15.1 Å². The second kappa shape index (κ2) is 8.68. The summed E-state index contributed by atoms with van der Waals surface area (Å²) in [6, 6.07) is 10.8. The molecule has 0 radical (unpaired) electrons. The Morgan fingerprint density at radius 1 is 0.967 bits per heavy atom. The number of nitrogens with zero attached hydrogens (tertiary/aromatic N) is 1. The summed E-state index contributed by atoms with van der Waals surface area (Å²) in [5, 5.41) is 24.0. The van der Waals surface area contributed by atoms with Gasteiger partial charge in [0, 0.05) is 26.3 Å². The normalized spacial score (nSPS) is 13.2. The van der Waals surface area contributed by atoms with E-state index in [0.29, 0.717) is 12.1 Å². The van der Waals surface area contributed by atoms with Gasteiger partial charge in [-0.1, -0.05) is 53.7 Å². The second-order valence-electron chi connectivity index (χ2n) is 10.2. The number of aliphatic carboxylic acids is 1. The first-order chi connectivity index (χ1) is 13.7. The predicted molar refractivity (Wildman–Crippen MR) is 123 cm³/mol. The van der Waals surface area contributed by atoms with Crippen molar-refractivity contribution in [2.75, 3.05) is 19.0 Å². The van der Waals surface area contributed by atoms with E-state index < -0.39 is 12.0 Å². The summed E-state index contributed by atoms with van der Waals surface area (Å²) < 4.78 is 0. The molecule has 2 aromatic carbocycles. The Morgan fingerprint density at radius 2 is 1.43 bits per heavy atom. The van der Waals surface area contributed by atoms with Gasteiger partial charge in [0.1, 0.15) is 11.8 Å². The van der Waals surface area contributed by atoms with Gasteiger partial charge in [0.25, 0.3) is 0 Å². The van der Waals surface area contributed by atoms with Gasteiger partial charge in [-0.15, -0.1) is 0 Å². The Hall–Kier alpha value is -2.53. The Balaban J connectivity index is 2.42. The highest BCUT2D eigenvalue weighted by Crippen LogP contribution is 2.41. The summed E-state index contributed by atoms with van der Waals surface area (Å²) in [6.07, 6.45) is 0. The lowest BCUT2D eigenvalue weighted by Crippen LogP contribution is -2.29. The number of nitrogens with one attached hydrogen (secondary N) is 1. The number of aromatic hydroxyl groups is 1. The van der Waals surface area contributed by atoms with Crippen LogP contribution in [0, 0.1) is 0 Å². The van der Waals surface area contributed by atoms with E-state index in [-0.39, 0.29) is 16.6 Å². The molecule has 0 saturated heterocycles. The van der Waals surface area contributed by atoms with E-state index >= 15 is 0 Å². The summed E-state index contributed by atoms with van der Waals surface area (Å²) in [4.78, 5) is 14.2. The third kappa shape index (κ3) is 5.54. The highest BCUT2D eigenvalue weighted by Gasteiger charge is 2.30. The summed E-state index contributed by atoms with van der Waals surface area (Å²) in [5.41, 5.74) is 3.65. The molecular formula is C25H36N2O3. The first kappa shape index (κ1) is 23.7. The molecule has 1 unspecified atom stereocenters. The van der Waals surface area contributed by atoms with Crippen LogP contribution >= 0.6 is 0 Å². The van der Waals surface area contributed by atoms with Crippen LogP contribution in [0.25, 0.3) is 0 Å². The molecule has 5 heteroatoms. The lowest BCUT2D eigenvalue weighted by atomic mass is 9.77. The number of carbonyl (C=O) groups is 1. The van der Waals surface area contributed by atoms with E-state index in [2.05, 4.69) is 5.32 Å². The number of benzene rings is 2. The van der Waals surface area contributed by atoms with Crippen LogP contribution in [0.15, 0.2) is 36.4 Å². The smallest absolute Gasteiger partial charge is 0.325 e. The van der Waals surface area contributed by atoms with Crippen LogP contribution in [0.3, 0.4) is 0 Å². The van der Waals surface area contributed by atoms with Crippen molar-refractivity contribution in [1.29, 1.82) is 0 Å². The molecule has 1 atom stereocenters. The molecule has 0 bridgehead atoms. The number of carboxylic acid groups (broad SMARTS) is 1. The predicted octanol–water partition coefficient (Wildman–Crippen LogP) is 4.97. The molecular weight excluding hydrogens is 376 g/mol. The zero-order valence-corrected chi connectivity index (χ0v) is 19.5. The number of rotatable bonds is 6. The molecule has 0 aliphatic carbocycles. The van der Waals surface area contributed by atoms with E-state index in [1.165, 1.54) is 0 Å². The van der Waals surface area contributed by atoms with Gasteiger partial charge in [-0.25, -0.2) is 0 Å². The lowest BCUT2D eigenvalue weighted by Gasteiger charge is -2.29. The van der Waals surface area contributed by atoms with Crippen LogP contribution < -0.4 is 10.2 Å². The van der Waals surface area contributed by atoms with E-state index in [0.717, 1.165) is 22.4 Å². The molecule has 0 heterocycles. The largest absolute Gasteiger partial charge is 0.507 e. The van der Waals surface area contributed by atoms with Crippen LogP contribution in [-0.4, -0.2) is 30.3 Å². The monoisotopic (exact) mass is 412 g/mol. The molecule has 2 rings (SSSR count). The van der Waals surface area contributed by atoms with Gasteiger partial charge in [0.2, 0.25) is 0 Å². The van der Waals surface area contributed by atoms with Crippen molar-refractivity contribution >= 4 is 11.7 Å².